The van der Waals surface area contributed by atoms with Gasteiger partial charge in [-0.05, 0) is 76.7 Å². The molecule has 0 radical (unpaired) electrons. The van der Waals surface area contributed by atoms with E-state index in [9.17, 15) is 0 Å². The van der Waals surface area contributed by atoms with Crippen LogP contribution in [0, 0.1) is 0 Å². The van der Waals surface area contributed by atoms with Gasteiger partial charge in [0.1, 0.15) is 0 Å². The number of fused-ring (bicyclic) bond motifs is 9. The van der Waals surface area contributed by atoms with Gasteiger partial charge in [0.25, 0.3) is 0 Å². The highest BCUT2D eigenvalue weighted by Gasteiger charge is 2.25. The van der Waals surface area contributed by atoms with E-state index < -0.39 is 0 Å². The van der Waals surface area contributed by atoms with Gasteiger partial charge in [-0.15, -0.1) is 6.58 Å². The van der Waals surface area contributed by atoms with Gasteiger partial charge in [-0.1, -0.05) is 153 Å². The molecule has 0 aliphatic carbocycles. The first-order valence-electron chi connectivity index (χ1n) is 19.2. The first kappa shape index (κ1) is 34.6. The highest BCUT2D eigenvalue weighted by Crippen LogP contribution is 2.43. The van der Waals surface area contributed by atoms with Crippen LogP contribution in [0.3, 0.4) is 0 Å². The van der Waals surface area contributed by atoms with Gasteiger partial charge < -0.3 is 14.5 Å². The minimum Gasteiger partial charge on any atom is -0.346 e. The predicted molar refractivity (Wildman–Crippen MR) is 243 cm³/mol. The number of para-hydroxylation sites is 3. The third-order valence-electron chi connectivity index (χ3n) is 10.7. The third kappa shape index (κ3) is 6.02. The summed E-state index contributed by atoms with van der Waals surface area (Å²) in [5.41, 5.74) is 10.8. The lowest BCUT2D eigenvalue weighted by molar-refractivity contribution is 0.624. The maximum atomic E-state index is 5.37. The Morgan fingerprint density at radius 3 is 2.16 bits per heavy atom. The van der Waals surface area contributed by atoms with Gasteiger partial charge in [-0.3, -0.25) is 0 Å². The highest BCUT2D eigenvalue weighted by molar-refractivity contribution is 6.25. The van der Waals surface area contributed by atoms with E-state index in [0.717, 1.165) is 46.4 Å². The van der Waals surface area contributed by atoms with Crippen molar-refractivity contribution in [1.29, 1.82) is 0 Å². The number of aromatic nitrogens is 2. The van der Waals surface area contributed by atoms with Gasteiger partial charge in [-0.25, -0.2) is 4.99 Å². The number of rotatable bonds is 11. The monoisotopic (exact) mass is 722 g/mol. The maximum absolute atomic E-state index is 5.37. The molecule has 9 rings (SSSR count). The summed E-state index contributed by atoms with van der Waals surface area (Å²) < 4.78 is 4.68. The number of nitrogens with one attached hydrogen (secondary N) is 1. The smallest absolute Gasteiger partial charge is 0.201 e. The van der Waals surface area contributed by atoms with Gasteiger partial charge in [-0.2, -0.15) is 0 Å². The molecule has 0 bridgehead atoms. The molecule has 6 aromatic carbocycles. The van der Waals surface area contributed by atoms with E-state index in [4.69, 9.17) is 4.99 Å². The Balaban J connectivity index is 1.21. The van der Waals surface area contributed by atoms with Gasteiger partial charge >= 0.3 is 0 Å². The van der Waals surface area contributed by atoms with E-state index in [-0.39, 0.29) is 6.29 Å². The van der Waals surface area contributed by atoms with Crippen LogP contribution in [0.15, 0.2) is 206 Å². The summed E-state index contributed by atoms with van der Waals surface area (Å²) in [5, 5.41) is 11.1. The Morgan fingerprint density at radius 1 is 0.625 bits per heavy atom. The topological polar surface area (TPSA) is 34.2 Å². The fraction of sp³-hybridized carbons (Fsp3) is 0.0577. The fourth-order valence-corrected chi connectivity index (χ4v) is 8.16. The van der Waals surface area contributed by atoms with Gasteiger partial charge in [0, 0.05) is 39.0 Å². The van der Waals surface area contributed by atoms with Crippen molar-refractivity contribution in [2.45, 2.75) is 19.1 Å². The first-order chi connectivity index (χ1) is 27.7. The molecule has 0 saturated heterocycles. The van der Waals surface area contributed by atoms with Crippen LogP contribution in [0.1, 0.15) is 24.7 Å². The zero-order valence-corrected chi connectivity index (χ0v) is 31.3. The van der Waals surface area contributed by atoms with E-state index in [1.807, 2.05) is 42.5 Å². The summed E-state index contributed by atoms with van der Waals surface area (Å²) >= 11 is 0. The number of nitrogens with zero attached hydrogens (tertiary/aromatic N) is 3. The molecule has 4 heteroatoms. The fourth-order valence-electron chi connectivity index (χ4n) is 8.16. The molecule has 1 aliphatic heterocycles. The van der Waals surface area contributed by atoms with E-state index in [1.165, 1.54) is 54.5 Å². The molecule has 1 aliphatic rings. The summed E-state index contributed by atoms with van der Waals surface area (Å²) in [7, 11) is 0. The zero-order chi connectivity index (χ0) is 38.0. The second-order valence-corrected chi connectivity index (χ2v) is 14.1. The van der Waals surface area contributed by atoms with Crippen LogP contribution in [0.25, 0.3) is 71.7 Å². The van der Waals surface area contributed by atoms with Crippen molar-refractivity contribution in [2.75, 3.05) is 5.32 Å². The van der Waals surface area contributed by atoms with Gasteiger partial charge in [0.05, 0.1) is 27.8 Å². The minimum atomic E-state index is -0.384. The number of unbranched alkanes of at least 4 members (excludes halogenated alkanes) is 1. The lowest BCUT2D eigenvalue weighted by Gasteiger charge is -2.28. The Morgan fingerprint density at radius 2 is 1.32 bits per heavy atom. The molecule has 0 saturated carbocycles. The number of allylic oxidation sites excluding steroid dienone is 10. The molecule has 0 amide bonds. The van der Waals surface area contributed by atoms with Crippen molar-refractivity contribution in [3.8, 4) is 11.1 Å². The molecule has 4 nitrogen and oxygen atoms in total. The van der Waals surface area contributed by atoms with Crippen molar-refractivity contribution in [2.24, 2.45) is 4.99 Å². The Hall–Kier alpha value is -7.17. The summed E-state index contributed by atoms with van der Waals surface area (Å²) in [6.07, 6.45) is 21.6. The van der Waals surface area contributed by atoms with Crippen molar-refractivity contribution in [1.82, 2.24) is 9.13 Å². The molecule has 8 aromatic rings. The van der Waals surface area contributed by atoms with E-state index >= 15 is 0 Å². The molecular formula is C52H42N4. The molecule has 1 atom stereocenters. The van der Waals surface area contributed by atoms with Crippen molar-refractivity contribution in [3.05, 3.63) is 207 Å². The molecule has 1 unspecified atom stereocenters. The van der Waals surface area contributed by atoms with Crippen LogP contribution in [0.5, 0.6) is 0 Å². The lowest BCUT2D eigenvalue weighted by Crippen LogP contribution is -2.24. The molecule has 2 aromatic heterocycles. The van der Waals surface area contributed by atoms with E-state index in [2.05, 4.69) is 168 Å². The van der Waals surface area contributed by atoms with Crippen molar-refractivity contribution < 1.29 is 0 Å². The number of hydrogen-bond donors (Lipinski definition) is 1. The first-order valence-corrected chi connectivity index (χ1v) is 19.2. The zero-order valence-electron chi connectivity index (χ0n) is 31.3. The Labute approximate surface area is 327 Å². The summed E-state index contributed by atoms with van der Waals surface area (Å²) in [6, 6.07) is 43.9. The normalized spacial score (nSPS) is 14.6. The Bertz CT molecular complexity index is 3010. The second-order valence-electron chi connectivity index (χ2n) is 14.1. The van der Waals surface area contributed by atoms with Crippen molar-refractivity contribution >= 4 is 72.0 Å². The van der Waals surface area contributed by atoms with Crippen LogP contribution in [-0.2, 0) is 0 Å². The van der Waals surface area contributed by atoms with Gasteiger partial charge in [0.2, 0.25) is 6.29 Å². The average molecular weight is 723 g/mol. The van der Waals surface area contributed by atoms with Crippen LogP contribution < -0.4 is 5.32 Å². The standard InChI is InChI=1S/C52H42N4/c1-4-6-8-10-11-12-22-36(3)51-41-26-15-18-28-45(41)53-52(54-51)56-47-30-20-16-24-39(47)44-34-37(31-32-48(44)56)43-35-49-50(40-25-14-13-23-38(40)43)42-27-17-19-29-46(42)55(49)33-21-9-7-5-2/h4-6,8,10-35,52-53H,1-3,7,9H2/b8-6-,11-10+,22-12-,33-21+. The average Bonchev–Trinajstić information content (AvgIpc) is 3.75. The molecule has 270 valence electrons. The van der Waals surface area contributed by atoms with E-state index in [1.54, 1.807) is 6.08 Å². The molecule has 0 fully saturated rings. The Kier molecular flexibility index (Phi) is 9.22. The molecule has 1 N–H and O–H groups in total. The molecular weight excluding hydrogens is 681 g/mol. The SMILES string of the molecule is C=C\C=C/C=C/C=C\C(=C)C1=NC(n2c3ccccc3c3cc(-c4cc5c(c6ccccc46)c4ccccc4n5/C=C/CCC=C)ccc32)Nc2ccccc21. The van der Waals surface area contributed by atoms with Crippen LogP contribution >= 0.6 is 0 Å². The molecule has 56 heavy (non-hydrogen) atoms. The molecule has 3 heterocycles. The van der Waals surface area contributed by atoms with Crippen LogP contribution in [-0.4, -0.2) is 14.8 Å². The third-order valence-corrected chi connectivity index (χ3v) is 10.7. The number of aliphatic imine (C=N–C) groups is 1. The second kappa shape index (κ2) is 14.9. The van der Waals surface area contributed by atoms with Gasteiger partial charge in [0.15, 0.2) is 0 Å². The van der Waals surface area contributed by atoms with Crippen LogP contribution in [0.2, 0.25) is 0 Å². The summed E-state index contributed by atoms with van der Waals surface area (Å²) in [4.78, 5) is 5.37. The minimum absolute atomic E-state index is 0.384. The summed E-state index contributed by atoms with van der Waals surface area (Å²) in [5.74, 6) is 0. The number of benzene rings is 6. The number of hydrogen-bond acceptors (Lipinski definition) is 2. The largest absolute Gasteiger partial charge is 0.346 e. The summed E-state index contributed by atoms with van der Waals surface area (Å²) in [6.45, 7) is 12.1. The highest BCUT2D eigenvalue weighted by atomic mass is 15.3. The lowest BCUT2D eigenvalue weighted by atomic mass is 9.94. The predicted octanol–water partition coefficient (Wildman–Crippen LogP) is 13.9. The van der Waals surface area contributed by atoms with E-state index in [0.29, 0.717) is 0 Å². The maximum Gasteiger partial charge on any atom is 0.201 e. The van der Waals surface area contributed by atoms with Crippen molar-refractivity contribution in [3.63, 3.8) is 0 Å². The number of anilines is 1. The molecule has 0 spiro atoms. The van der Waals surface area contributed by atoms with Crippen LogP contribution in [0.4, 0.5) is 5.69 Å². The quantitative estimate of drug-likeness (QED) is 0.0805.